The van der Waals surface area contributed by atoms with Crippen molar-refractivity contribution in [2.24, 2.45) is 0 Å². The first-order valence-corrected chi connectivity index (χ1v) is 10.4. The molecule has 0 atom stereocenters. The molecule has 0 bridgehead atoms. The molecule has 0 unspecified atom stereocenters. The van der Waals surface area contributed by atoms with Crippen LogP contribution in [0, 0.1) is 0 Å². The maximum absolute atomic E-state index is 6.17. The predicted octanol–water partition coefficient (Wildman–Crippen LogP) is 6.26. The van der Waals surface area contributed by atoms with Crippen LogP contribution in [0.5, 0.6) is 5.75 Å². The summed E-state index contributed by atoms with van der Waals surface area (Å²) >= 11 is 15.2. The molecule has 2 aromatic rings. The highest BCUT2D eigenvalue weighted by atomic mass is 79.9. The third-order valence-corrected chi connectivity index (χ3v) is 6.14. The Morgan fingerprint density at radius 2 is 1.88 bits per heavy atom. The van der Waals surface area contributed by atoms with Gasteiger partial charge in [0.05, 0.1) is 17.2 Å². The van der Waals surface area contributed by atoms with E-state index in [1.165, 1.54) is 18.4 Å². The van der Waals surface area contributed by atoms with Crippen LogP contribution in [0.1, 0.15) is 38.2 Å². The molecular formula is C20H22BrClN2OS. The Bertz CT molecular complexity index is 776. The summed E-state index contributed by atoms with van der Waals surface area (Å²) in [5.74, 6) is 0.898. The van der Waals surface area contributed by atoms with E-state index in [2.05, 4.69) is 38.7 Å². The maximum Gasteiger partial charge on any atom is 0.171 e. The average molecular weight is 454 g/mol. The standard InChI is InChI=1S/C20H22BrClN2OS/c1-2-25-16-8-5-14(6-9-16)20(11-3-4-12-20)24-19(26)23-15-7-10-17(21)18(22)13-15/h5-10,13H,2-4,11-12H2,1H3,(H2,23,24,26). The zero-order valence-electron chi connectivity index (χ0n) is 14.6. The van der Waals surface area contributed by atoms with Crippen LogP contribution in [0.3, 0.4) is 0 Å². The van der Waals surface area contributed by atoms with Crippen molar-refractivity contribution in [1.82, 2.24) is 5.32 Å². The lowest BCUT2D eigenvalue weighted by atomic mass is 9.88. The molecule has 3 nitrogen and oxygen atoms in total. The number of hydrogen-bond acceptors (Lipinski definition) is 2. The molecule has 26 heavy (non-hydrogen) atoms. The van der Waals surface area contributed by atoms with Crippen LogP contribution in [0.15, 0.2) is 46.9 Å². The molecule has 0 heterocycles. The van der Waals surface area contributed by atoms with Crippen LogP contribution in [0.2, 0.25) is 5.02 Å². The lowest BCUT2D eigenvalue weighted by molar-refractivity contribution is 0.339. The Morgan fingerprint density at radius 1 is 1.19 bits per heavy atom. The lowest BCUT2D eigenvalue weighted by Crippen LogP contribution is -2.45. The van der Waals surface area contributed by atoms with Crippen molar-refractivity contribution in [3.05, 3.63) is 57.5 Å². The fourth-order valence-electron chi connectivity index (χ4n) is 3.45. The number of nitrogens with one attached hydrogen (secondary N) is 2. The molecule has 0 aliphatic heterocycles. The van der Waals surface area contributed by atoms with Gasteiger partial charge in [0, 0.05) is 10.2 Å². The molecule has 0 aromatic heterocycles. The molecule has 0 saturated heterocycles. The molecule has 1 aliphatic rings. The molecule has 138 valence electrons. The summed E-state index contributed by atoms with van der Waals surface area (Å²) in [7, 11) is 0. The van der Waals surface area contributed by atoms with Gasteiger partial charge in [0.2, 0.25) is 0 Å². The number of thiocarbonyl (C=S) groups is 1. The van der Waals surface area contributed by atoms with E-state index in [1.54, 1.807) is 0 Å². The molecule has 1 aliphatic carbocycles. The van der Waals surface area contributed by atoms with Crippen molar-refractivity contribution >= 4 is 50.5 Å². The fraction of sp³-hybridized carbons (Fsp3) is 0.350. The van der Waals surface area contributed by atoms with Crippen molar-refractivity contribution < 1.29 is 4.74 Å². The highest BCUT2D eigenvalue weighted by Gasteiger charge is 2.36. The van der Waals surface area contributed by atoms with Gasteiger partial charge < -0.3 is 15.4 Å². The minimum atomic E-state index is -0.131. The Balaban J connectivity index is 1.74. The van der Waals surface area contributed by atoms with Gasteiger partial charge in [-0.15, -0.1) is 0 Å². The SMILES string of the molecule is CCOc1ccc(C2(NC(=S)Nc3ccc(Br)c(Cl)c3)CCCC2)cc1. The van der Waals surface area contributed by atoms with Gasteiger partial charge >= 0.3 is 0 Å². The Hall–Kier alpha value is -1.30. The fourth-order valence-corrected chi connectivity index (χ4v) is 4.20. The molecular weight excluding hydrogens is 432 g/mol. The maximum atomic E-state index is 6.17. The van der Waals surface area contributed by atoms with E-state index in [-0.39, 0.29) is 5.54 Å². The minimum absolute atomic E-state index is 0.131. The summed E-state index contributed by atoms with van der Waals surface area (Å²) in [5, 5.41) is 8.08. The number of halogens is 2. The van der Waals surface area contributed by atoms with Gasteiger partial charge in [-0.05, 0) is 83.8 Å². The number of hydrogen-bond donors (Lipinski definition) is 2. The van der Waals surface area contributed by atoms with Gasteiger partial charge in [0.15, 0.2) is 5.11 Å². The zero-order valence-corrected chi connectivity index (χ0v) is 17.8. The van der Waals surface area contributed by atoms with E-state index in [4.69, 9.17) is 28.6 Å². The van der Waals surface area contributed by atoms with Gasteiger partial charge in [-0.3, -0.25) is 0 Å². The summed E-state index contributed by atoms with van der Waals surface area (Å²) < 4.78 is 6.43. The van der Waals surface area contributed by atoms with Crippen LogP contribution in [0.25, 0.3) is 0 Å². The smallest absolute Gasteiger partial charge is 0.171 e. The molecule has 1 fully saturated rings. The molecule has 2 aromatic carbocycles. The van der Waals surface area contributed by atoms with Crippen LogP contribution in [0.4, 0.5) is 5.69 Å². The molecule has 0 amide bonds. The summed E-state index contributed by atoms with van der Waals surface area (Å²) in [5.41, 5.74) is 1.99. The van der Waals surface area contributed by atoms with Crippen molar-refractivity contribution in [2.45, 2.75) is 38.1 Å². The van der Waals surface area contributed by atoms with E-state index >= 15 is 0 Å². The number of anilines is 1. The molecule has 6 heteroatoms. The highest BCUT2D eigenvalue weighted by molar-refractivity contribution is 9.10. The quantitative estimate of drug-likeness (QED) is 0.524. The van der Waals surface area contributed by atoms with Crippen molar-refractivity contribution in [2.75, 3.05) is 11.9 Å². The van der Waals surface area contributed by atoms with Crippen molar-refractivity contribution in [1.29, 1.82) is 0 Å². The number of benzene rings is 2. The summed E-state index contributed by atoms with van der Waals surface area (Å²) in [4.78, 5) is 0. The van der Waals surface area contributed by atoms with Gasteiger partial charge in [0.25, 0.3) is 0 Å². The second-order valence-electron chi connectivity index (χ2n) is 6.45. The first kappa shape index (κ1) is 19.5. The van der Waals surface area contributed by atoms with Gasteiger partial charge in [-0.2, -0.15) is 0 Å². The van der Waals surface area contributed by atoms with E-state index in [0.29, 0.717) is 16.7 Å². The van der Waals surface area contributed by atoms with E-state index in [9.17, 15) is 0 Å². The summed E-state index contributed by atoms with van der Waals surface area (Å²) in [6, 6.07) is 14.1. The monoisotopic (exact) mass is 452 g/mol. The molecule has 0 spiro atoms. The average Bonchev–Trinajstić information content (AvgIpc) is 3.08. The van der Waals surface area contributed by atoms with Crippen LogP contribution < -0.4 is 15.4 Å². The molecule has 0 radical (unpaired) electrons. The minimum Gasteiger partial charge on any atom is -0.494 e. The van der Waals surface area contributed by atoms with E-state index < -0.39 is 0 Å². The second kappa shape index (κ2) is 8.59. The van der Waals surface area contributed by atoms with Crippen molar-refractivity contribution in [3.63, 3.8) is 0 Å². The van der Waals surface area contributed by atoms with Gasteiger partial charge in [0.1, 0.15) is 5.75 Å². The van der Waals surface area contributed by atoms with Gasteiger partial charge in [-0.25, -0.2) is 0 Å². The highest BCUT2D eigenvalue weighted by Crippen LogP contribution is 2.39. The molecule has 2 N–H and O–H groups in total. The zero-order chi connectivity index (χ0) is 18.6. The van der Waals surface area contributed by atoms with Gasteiger partial charge in [-0.1, -0.05) is 36.6 Å². The number of rotatable bonds is 5. The topological polar surface area (TPSA) is 33.3 Å². The second-order valence-corrected chi connectivity index (χ2v) is 8.12. The summed E-state index contributed by atoms with van der Waals surface area (Å²) in [6.07, 6.45) is 4.49. The first-order chi connectivity index (χ1) is 12.5. The van der Waals surface area contributed by atoms with E-state index in [1.807, 2.05) is 37.3 Å². The van der Waals surface area contributed by atoms with Crippen molar-refractivity contribution in [3.8, 4) is 5.75 Å². The Labute approximate surface area is 173 Å². The van der Waals surface area contributed by atoms with Crippen LogP contribution >= 0.6 is 39.7 Å². The Morgan fingerprint density at radius 3 is 2.50 bits per heavy atom. The normalized spacial score (nSPS) is 15.5. The third-order valence-electron chi connectivity index (χ3n) is 4.71. The first-order valence-electron chi connectivity index (χ1n) is 8.80. The molecule has 3 rings (SSSR count). The summed E-state index contributed by atoms with van der Waals surface area (Å²) in [6.45, 7) is 2.67. The lowest BCUT2D eigenvalue weighted by Gasteiger charge is -2.32. The Kier molecular flexibility index (Phi) is 6.43. The predicted molar refractivity (Wildman–Crippen MR) is 116 cm³/mol. The third kappa shape index (κ3) is 4.51. The molecule has 1 saturated carbocycles. The number of ether oxygens (including phenoxy) is 1. The van der Waals surface area contributed by atoms with E-state index in [0.717, 1.165) is 28.8 Å². The largest absolute Gasteiger partial charge is 0.494 e. The van der Waals surface area contributed by atoms with Crippen LogP contribution in [-0.2, 0) is 5.54 Å². The van der Waals surface area contributed by atoms with Crippen LogP contribution in [-0.4, -0.2) is 11.7 Å².